The number of ketones is 1. The van der Waals surface area contributed by atoms with E-state index in [1.54, 1.807) is 18.2 Å². The van der Waals surface area contributed by atoms with Gasteiger partial charge in [-0.15, -0.1) is 0 Å². The predicted octanol–water partition coefficient (Wildman–Crippen LogP) is 4.11. The molecule has 23 heavy (non-hydrogen) atoms. The van der Waals surface area contributed by atoms with Crippen molar-refractivity contribution < 1.29 is 14.3 Å². The molecule has 2 atom stereocenters. The van der Waals surface area contributed by atoms with Crippen LogP contribution in [0.25, 0.3) is 5.76 Å². The van der Waals surface area contributed by atoms with Gasteiger partial charge in [-0.3, -0.25) is 9.59 Å². The van der Waals surface area contributed by atoms with E-state index in [-0.39, 0.29) is 11.8 Å². The summed E-state index contributed by atoms with van der Waals surface area (Å²) in [6.07, 6.45) is 2.36. The number of allylic oxidation sites excluding steroid dienone is 1. The second kappa shape index (κ2) is 6.61. The molecule has 3 heteroatoms. The number of rotatable bonds is 4. The maximum absolute atomic E-state index is 12.8. The maximum atomic E-state index is 12.8. The van der Waals surface area contributed by atoms with Gasteiger partial charge in [0, 0.05) is 11.1 Å². The minimum Gasteiger partial charge on any atom is -0.426 e. The first-order valence-corrected chi connectivity index (χ1v) is 7.79. The average molecular weight is 306 g/mol. The van der Waals surface area contributed by atoms with E-state index in [9.17, 15) is 9.59 Å². The Kier molecular flexibility index (Phi) is 4.38. The van der Waals surface area contributed by atoms with Gasteiger partial charge in [0.2, 0.25) is 0 Å². The number of esters is 1. The van der Waals surface area contributed by atoms with E-state index in [2.05, 4.69) is 0 Å². The van der Waals surface area contributed by atoms with Crippen LogP contribution < -0.4 is 0 Å². The van der Waals surface area contributed by atoms with Crippen molar-refractivity contribution in [3.8, 4) is 0 Å². The molecule has 0 aromatic heterocycles. The molecule has 0 saturated heterocycles. The Bertz CT molecular complexity index is 732. The van der Waals surface area contributed by atoms with Crippen molar-refractivity contribution in [1.29, 1.82) is 0 Å². The van der Waals surface area contributed by atoms with Gasteiger partial charge in [0.15, 0.2) is 5.78 Å². The summed E-state index contributed by atoms with van der Waals surface area (Å²) in [4.78, 5) is 25.2. The van der Waals surface area contributed by atoms with Gasteiger partial charge in [-0.05, 0) is 12.5 Å². The van der Waals surface area contributed by atoms with Gasteiger partial charge in [0.05, 0.1) is 11.8 Å². The zero-order valence-electron chi connectivity index (χ0n) is 12.9. The second-order valence-corrected chi connectivity index (χ2v) is 5.59. The zero-order chi connectivity index (χ0) is 16.2. The van der Waals surface area contributed by atoms with Crippen molar-refractivity contribution in [2.45, 2.75) is 13.3 Å². The Morgan fingerprint density at radius 1 is 1.00 bits per heavy atom. The van der Waals surface area contributed by atoms with Crippen LogP contribution in [0.4, 0.5) is 0 Å². The Hall–Kier alpha value is -2.68. The molecule has 0 radical (unpaired) electrons. The normalized spacial score (nSPS) is 20.6. The molecule has 116 valence electrons. The number of Topliss-reactive ketones (excluding diaryl/α,β-unsaturated/α-hetero) is 1. The van der Waals surface area contributed by atoms with Crippen molar-refractivity contribution in [3.05, 3.63) is 77.9 Å². The predicted molar refractivity (Wildman–Crippen MR) is 88.6 cm³/mol. The van der Waals surface area contributed by atoms with Gasteiger partial charge in [0.1, 0.15) is 5.76 Å². The molecular formula is C20H18O3. The molecule has 1 heterocycles. The SMILES string of the molecule is CCC1C(=O)OC(c2ccccc2)=CC1C(=O)c1ccccc1. The van der Waals surface area contributed by atoms with Crippen LogP contribution in [0, 0.1) is 11.8 Å². The third-order valence-electron chi connectivity index (χ3n) is 4.14. The van der Waals surface area contributed by atoms with Crippen molar-refractivity contribution in [2.75, 3.05) is 0 Å². The fraction of sp³-hybridized carbons (Fsp3) is 0.200. The van der Waals surface area contributed by atoms with Crippen LogP contribution in [0.5, 0.6) is 0 Å². The van der Waals surface area contributed by atoms with Gasteiger partial charge in [-0.25, -0.2) is 0 Å². The highest BCUT2D eigenvalue weighted by molar-refractivity contribution is 6.03. The molecule has 3 nitrogen and oxygen atoms in total. The molecule has 1 aliphatic rings. The molecule has 0 amide bonds. The molecule has 2 aromatic carbocycles. The molecule has 0 saturated carbocycles. The van der Waals surface area contributed by atoms with Gasteiger partial charge in [-0.1, -0.05) is 67.6 Å². The van der Waals surface area contributed by atoms with E-state index < -0.39 is 11.8 Å². The van der Waals surface area contributed by atoms with Crippen LogP contribution in [0.3, 0.4) is 0 Å². The summed E-state index contributed by atoms with van der Waals surface area (Å²) in [5.74, 6) is -0.825. The van der Waals surface area contributed by atoms with Gasteiger partial charge < -0.3 is 4.74 Å². The van der Waals surface area contributed by atoms with Crippen LogP contribution in [-0.2, 0) is 9.53 Å². The summed E-state index contributed by atoms with van der Waals surface area (Å²) >= 11 is 0. The number of hydrogen-bond acceptors (Lipinski definition) is 3. The highest BCUT2D eigenvalue weighted by Gasteiger charge is 2.37. The summed E-state index contributed by atoms with van der Waals surface area (Å²) in [5.41, 5.74) is 1.43. The van der Waals surface area contributed by atoms with Crippen LogP contribution in [0.1, 0.15) is 29.3 Å². The van der Waals surface area contributed by atoms with Gasteiger partial charge in [0.25, 0.3) is 0 Å². The molecule has 3 rings (SSSR count). The highest BCUT2D eigenvalue weighted by atomic mass is 16.5. The second-order valence-electron chi connectivity index (χ2n) is 5.59. The lowest BCUT2D eigenvalue weighted by Crippen LogP contribution is -2.33. The van der Waals surface area contributed by atoms with Crippen molar-refractivity contribution in [1.82, 2.24) is 0 Å². The van der Waals surface area contributed by atoms with Crippen LogP contribution in [0.2, 0.25) is 0 Å². The number of carbonyl (C=O) groups is 2. The fourth-order valence-electron chi connectivity index (χ4n) is 2.88. The minimum atomic E-state index is -0.487. The number of hydrogen-bond donors (Lipinski definition) is 0. The average Bonchev–Trinajstić information content (AvgIpc) is 2.62. The van der Waals surface area contributed by atoms with E-state index in [0.717, 1.165) is 5.56 Å². The first kappa shape index (κ1) is 15.2. The monoisotopic (exact) mass is 306 g/mol. The molecule has 0 N–H and O–H groups in total. The number of benzene rings is 2. The largest absolute Gasteiger partial charge is 0.426 e. The number of ether oxygens (including phenoxy) is 1. The molecule has 0 bridgehead atoms. The lowest BCUT2D eigenvalue weighted by Gasteiger charge is -2.27. The lowest BCUT2D eigenvalue weighted by atomic mass is 9.81. The molecule has 0 aliphatic carbocycles. The smallest absolute Gasteiger partial charge is 0.315 e. The van der Waals surface area contributed by atoms with E-state index >= 15 is 0 Å². The zero-order valence-corrected chi connectivity index (χ0v) is 12.9. The molecule has 0 fully saturated rings. The molecule has 0 spiro atoms. The van der Waals surface area contributed by atoms with Crippen LogP contribution >= 0.6 is 0 Å². The molecular weight excluding hydrogens is 288 g/mol. The number of carbonyl (C=O) groups excluding carboxylic acids is 2. The maximum Gasteiger partial charge on any atom is 0.315 e. The first-order valence-electron chi connectivity index (χ1n) is 7.79. The summed E-state index contributed by atoms with van der Waals surface area (Å²) < 4.78 is 5.46. The van der Waals surface area contributed by atoms with Crippen molar-refractivity contribution >= 4 is 17.5 Å². The molecule has 2 unspecified atom stereocenters. The Morgan fingerprint density at radius 2 is 1.61 bits per heavy atom. The van der Waals surface area contributed by atoms with Crippen LogP contribution in [-0.4, -0.2) is 11.8 Å². The third-order valence-corrected chi connectivity index (χ3v) is 4.14. The molecule has 2 aromatic rings. The standard InChI is InChI=1S/C20H18O3/c1-2-16-17(19(21)15-11-7-4-8-12-15)13-18(23-20(16)22)14-9-5-3-6-10-14/h3-13,16-17H,2H2,1H3. The third kappa shape index (κ3) is 3.09. The quantitative estimate of drug-likeness (QED) is 0.630. The van der Waals surface area contributed by atoms with E-state index in [4.69, 9.17) is 4.74 Å². The fourth-order valence-corrected chi connectivity index (χ4v) is 2.88. The van der Waals surface area contributed by atoms with Gasteiger partial charge >= 0.3 is 5.97 Å². The Labute approximate surface area is 135 Å². The van der Waals surface area contributed by atoms with E-state index in [0.29, 0.717) is 17.7 Å². The summed E-state index contributed by atoms with van der Waals surface area (Å²) in [6.45, 7) is 1.90. The summed E-state index contributed by atoms with van der Waals surface area (Å²) in [5, 5.41) is 0. The summed E-state index contributed by atoms with van der Waals surface area (Å²) in [6, 6.07) is 18.5. The highest BCUT2D eigenvalue weighted by Crippen LogP contribution is 2.33. The Morgan fingerprint density at radius 3 is 2.22 bits per heavy atom. The van der Waals surface area contributed by atoms with Crippen LogP contribution in [0.15, 0.2) is 66.7 Å². The lowest BCUT2D eigenvalue weighted by molar-refractivity contribution is -0.143. The topological polar surface area (TPSA) is 43.4 Å². The van der Waals surface area contributed by atoms with Crippen molar-refractivity contribution in [3.63, 3.8) is 0 Å². The summed E-state index contributed by atoms with van der Waals surface area (Å²) in [7, 11) is 0. The Balaban J connectivity index is 2.00. The van der Waals surface area contributed by atoms with E-state index in [1.165, 1.54) is 0 Å². The molecule has 1 aliphatic heterocycles. The van der Waals surface area contributed by atoms with E-state index in [1.807, 2.05) is 55.5 Å². The van der Waals surface area contributed by atoms with Crippen molar-refractivity contribution in [2.24, 2.45) is 11.8 Å². The first-order chi connectivity index (χ1) is 11.2. The minimum absolute atomic E-state index is 0.0393. The number of cyclic esters (lactones) is 1. The van der Waals surface area contributed by atoms with Gasteiger partial charge in [-0.2, -0.15) is 0 Å².